The molecule has 8 rings (SSSR count). The first-order chi connectivity index (χ1) is 27.2. The third-order valence-corrected chi connectivity index (χ3v) is 10.7. The van der Waals surface area contributed by atoms with Gasteiger partial charge in [-0.3, -0.25) is 14.5 Å². The predicted molar refractivity (Wildman–Crippen MR) is 212 cm³/mol. The highest BCUT2D eigenvalue weighted by Gasteiger charge is 2.43. The number of aromatic hydroxyl groups is 1. The number of nitrogens with one attached hydrogen (secondary N) is 3. The van der Waals surface area contributed by atoms with Gasteiger partial charge >= 0.3 is 6.09 Å². The molecule has 3 fully saturated rings. The number of aromatic amines is 1. The van der Waals surface area contributed by atoms with Crippen molar-refractivity contribution in [2.45, 2.75) is 44.5 Å². The number of pyridine rings is 1. The molecule has 2 bridgehead atoms. The number of aliphatic hydroxyl groups is 1. The lowest BCUT2D eigenvalue weighted by atomic mass is 9.81. The summed E-state index contributed by atoms with van der Waals surface area (Å²) in [6, 6.07) is 27.6. The maximum Gasteiger partial charge on any atom is 0.408 e. The van der Waals surface area contributed by atoms with Crippen molar-refractivity contribution in [3.05, 3.63) is 130 Å². The van der Waals surface area contributed by atoms with E-state index in [-0.39, 0.29) is 41.9 Å². The second-order valence-corrected chi connectivity index (χ2v) is 14.3. The second kappa shape index (κ2) is 17.3. The van der Waals surface area contributed by atoms with Crippen molar-refractivity contribution >= 4 is 28.6 Å². The monoisotopic (exact) mass is 761 g/mol. The van der Waals surface area contributed by atoms with Crippen molar-refractivity contribution in [3.8, 4) is 17.2 Å². The number of carbonyl (C=O) groups is 2. The van der Waals surface area contributed by atoms with E-state index in [1.807, 2.05) is 61.5 Å². The van der Waals surface area contributed by atoms with Crippen LogP contribution in [0.25, 0.3) is 10.9 Å². The summed E-state index contributed by atoms with van der Waals surface area (Å²) in [6.07, 6.45) is 0.0749. The molecule has 0 radical (unpaired) electrons. The van der Waals surface area contributed by atoms with Gasteiger partial charge in [-0.15, -0.1) is 0 Å². The lowest BCUT2D eigenvalue weighted by Gasteiger charge is -2.50. The van der Waals surface area contributed by atoms with E-state index >= 15 is 0 Å². The lowest BCUT2D eigenvalue weighted by Crippen LogP contribution is -2.59. The van der Waals surface area contributed by atoms with E-state index in [4.69, 9.17) is 9.47 Å². The van der Waals surface area contributed by atoms with E-state index in [1.54, 1.807) is 35.2 Å². The van der Waals surface area contributed by atoms with Crippen LogP contribution in [0.4, 0.5) is 10.5 Å². The number of phenols is 1. The van der Waals surface area contributed by atoms with E-state index < -0.39 is 18.2 Å². The van der Waals surface area contributed by atoms with Crippen molar-refractivity contribution in [2.75, 3.05) is 44.7 Å². The van der Waals surface area contributed by atoms with Crippen LogP contribution in [-0.4, -0.2) is 87.5 Å². The van der Waals surface area contributed by atoms with Gasteiger partial charge in [0.05, 0.1) is 30.3 Å². The topological polar surface area (TPSA) is 177 Å². The molecule has 6 N–H and O–H groups in total. The molecule has 4 heterocycles. The number of amides is 2. The molecule has 3 aliphatic rings. The highest BCUT2D eigenvalue weighted by Crippen LogP contribution is 2.39. The van der Waals surface area contributed by atoms with Gasteiger partial charge in [0.2, 0.25) is 5.56 Å². The van der Waals surface area contributed by atoms with Crippen molar-refractivity contribution < 1.29 is 34.4 Å². The molecule has 3 saturated heterocycles. The predicted octanol–water partition coefficient (Wildman–Crippen LogP) is 5.64. The van der Waals surface area contributed by atoms with Gasteiger partial charge in [-0.1, -0.05) is 54.6 Å². The Hall–Kier alpha value is -5.89. The Morgan fingerprint density at radius 1 is 0.946 bits per heavy atom. The largest absolute Gasteiger partial charge is 0.506 e. The number of benzene rings is 4. The van der Waals surface area contributed by atoms with Gasteiger partial charge in [0.1, 0.15) is 17.2 Å². The minimum Gasteiger partial charge on any atom is -0.506 e. The van der Waals surface area contributed by atoms with Crippen LogP contribution in [0.1, 0.15) is 54.2 Å². The summed E-state index contributed by atoms with van der Waals surface area (Å²) < 4.78 is 11.9. The lowest BCUT2D eigenvalue weighted by molar-refractivity contribution is -0.118. The Bertz CT molecular complexity index is 2220. The number of H-pyrrole nitrogens is 1. The Labute approximate surface area is 324 Å². The zero-order valence-corrected chi connectivity index (χ0v) is 31.2. The van der Waals surface area contributed by atoms with Crippen molar-refractivity contribution in [1.29, 1.82) is 0 Å². The maximum atomic E-state index is 13.1. The summed E-state index contributed by atoms with van der Waals surface area (Å²) in [5.74, 6) is 0.858. The summed E-state index contributed by atoms with van der Waals surface area (Å²) >= 11 is 0. The quantitative estimate of drug-likeness (QED) is 0.0784. The average molecular weight is 762 g/mol. The van der Waals surface area contributed by atoms with E-state index in [9.17, 15) is 29.7 Å². The summed E-state index contributed by atoms with van der Waals surface area (Å²) in [7, 11) is 0. The van der Waals surface area contributed by atoms with E-state index in [2.05, 4.69) is 20.5 Å². The van der Waals surface area contributed by atoms with E-state index in [1.165, 1.54) is 12.1 Å². The number of carboxylic acid groups (broad SMARTS) is 1. The number of anilines is 1. The van der Waals surface area contributed by atoms with Gasteiger partial charge in [-0.05, 0) is 85.8 Å². The minimum atomic E-state index is -0.962. The highest BCUT2D eigenvalue weighted by molar-refractivity contribution is 5.92. The van der Waals surface area contributed by atoms with E-state index in [0.29, 0.717) is 53.8 Å². The Kier molecular flexibility index (Phi) is 11.8. The number of hydrogen-bond donors (Lipinski definition) is 6. The average Bonchev–Trinajstić information content (AvgIpc) is 3.21. The fourth-order valence-corrected chi connectivity index (χ4v) is 8.03. The van der Waals surface area contributed by atoms with Crippen LogP contribution in [0.5, 0.6) is 17.2 Å². The standard InChI is InChI=1S/C43H47N5O8/c1-2-55-38-22-31(12-11-30(38)23-44-24-37(50)33-13-15-36(49)41-34(33)14-16-39(51)46-41)45-40(52)26-56-32-10-6-9-29(21-32)42(28-7-4-3-5-8-28)48(43(53)54)35-25-47-19-17-27(35)18-20-47/h3-16,21-22,27,35,37,42,44,49-50H,2,17-20,23-26H2,1H3,(H,45,52)(H,46,51)(H,53,54)/t35-,37+,42?/m0/s1. The Morgan fingerprint density at radius 2 is 1.73 bits per heavy atom. The number of rotatable bonds is 15. The number of hydrogen-bond acceptors (Lipinski definition) is 9. The van der Waals surface area contributed by atoms with Gasteiger partial charge in [-0.25, -0.2) is 4.79 Å². The summed E-state index contributed by atoms with van der Waals surface area (Å²) in [5, 5.41) is 38.5. The van der Waals surface area contributed by atoms with Crippen LogP contribution < -0.4 is 25.7 Å². The van der Waals surface area contributed by atoms with Crippen LogP contribution in [0.2, 0.25) is 0 Å². The summed E-state index contributed by atoms with van der Waals surface area (Å²) in [4.78, 5) is 44.5. The molecule has 0 aliphatic carbocycles. The highest BCUT2D eigenvalue weighted by atomic mass is 16.5. The summed E-state index contributed by atoms with van der Waals surface area (Å²) in [6.45, 7) is 5.25. The first-order valence-corrected chi connectivity index (χ1v) is 19.0. The van der Waals surface area contributed by atoms with Crippen molar-refractivity contribution in [3.63, 3.8) is 0 Å². The Balaban J connectivity index is 0.993. The molecule has 1 aromatic heterocycles. The minimum absolute atomic E-state index is 0.0769. The maximum absolute atomic E-state index is 13.1. The third kappa shape index (κ3) is 8.65. The fraction of sp³-hybridized carbons (Fsp3) is 0.326. The van der Waals surface area contributed by atoms with Crippen LogP contribution >= 0.6 is 0 Å². The fourth-order valence-electron chi connectivity index (χ4n) is 8.03. The molecule has 13 heteroatoms. The normalized spacial score (nSPS) is 18.6. The number of ether oxygens (including phenoxy) is 2. The molecule has 3 aliphatic heterocycles. The molecule has 2 amide bonds. The number of piperidine rings is 3. The van der Waals surface area contributed by atoms with Gasteiger partial charge < -0.3 is 45.3 Å². The molecule has 5 aromatic rings. The molecule has 4 aromatic carbocycles. The Morgan fingerprint density at radius 3 is 2.46 bits per heavy atom. The summed E-state index contributed by atoms with van der Waals surface area (Å²) in [5.41, 5.74) is 3.43. The van der Waals surface area contributed by atoms with Crippen LogP contribution in [0.3, 0.4) is 0 Å². The number of aliphatic hydroxyl groups excluding tert-OH is 1. The molecule has 3 atom stereocenters. The number of carbonyl (C=O) groups excluding carboxylic acids is 1. The first-order valence-electron chi connectivity index (χ1n) is 19.0. The first kappa shape index (κ1) is 38.4. The SMILES string of the molecule is CCOc1cc(NC(=O)COc2cccc(C(c3ccccc3)N(C(=O)O)[C@H]3CN4CCC3CC4)c2)ccc1CNC[C@@H](O)c1ccc(O)c2[nH]c(=O)ccc12. The number of fused-ring (bicyclic) bond motifs is 4. The van der Waals surface area contributed by atoms with Crippen molar-refractivity contribution in [1.82, 2.24) is 20.1 Å². The number of nitrogens with zero attached hydrogens (tertiary/aromatic N) is 2. The van der Waals surface area contributed by atoms with Crippen LogP contribution in [-0.2, 0) is 11.3 Å². The number of aromatic nitrogens is 1. The second-order valence-electron chi connectivity index (χ2n) is 14.3. The molecular weight excluding hydrogens is 714 g/mol. The molecule has 56 heavy (non-hydrogen) atoms. The smallest absolute Gasteiger partial charge is 0.408 e. The molecule has 1 unspecified atom stereocenters. The molecule has 0 spiro atoms. The van der Waals surface area contributed by atoms with Gasteiger partial charge in [-0.2, -0.15) is 0 Å². The van der Waals surface area contributed by atoms with Gasteiger partial charge in [0.15, 0.2) is 6.61 Å². The van der Waals surface area contributed by atoms with E-state index in [0.717, 1.165) is 42.6 Å². The van der Waals surface area contributed by atoms with Crippen LogP contribution in [0, 0.1) is 5.92 Å². The molecule has 13 nitrogen and oxygen atoms in total. The molecule has 0 saturated carbocycles. The zero-order valence-electron chi connectivity index (χ0n) is 31.2. The third-order valence-electron chi connectivity index (χ3n) is 10.7. The zero-order chi connectivity index (χ0) is 39.2. The van der Waals surface area contributed by atoms with Gasteiger partial charge in [0.25, 0.3) is 5.91 Å². The van der Waals surface area contributed by atoms with Crippen LogP contribution in [0.15, 0.2) is 102 Å². The molecular formula is C43H47N5O8. The molecule has 292 valence electrons. The number of phenolic OH excluding ortho intramolecular Hbond substituents is 1. The van der Waals surface area contributed by atoms with Crippen molar-refractivity contribution in [2.24, 2.45) is 5.92 Å². The van der Waals surface area contributed by atoms with Gasteiger partial charge in [0, 0.05) is 48.4 Å².